The van der Waals surface area contributed by atoms with Gasteiger partial charge in [0, 0.05) is 12.8 Å². The van der Waals surface area contributed by atoms with Crippen molar-refractivity contribution in [3.05, 3.63) is 23.8 Å². The van der Waals surface area contributed by atoms with Gasteiger partial charge in [0.25, 0.3) is 0 Å². The molecule has 0 saturated carbocycles. The number of phenols is 1. The van der Waals surface area contributed by atoms with Crippen LogP contribution >= 0.6 is 0 Å². The number of sulfone groups is 1. The average molecular weight is 245 g/mol. The Morgan fingerprint density at radius 3 is 2.50 bits per heavy atom. The van der Waals surface area contributed by atoms with Crippen molar-refractivity contribution in [2.45, 2.75) is 11.0 Å². The molecule has 0 aliphatic carbocycles. The highest BCUT2D eigenvalue weighted by Gasteiger charge is 2.15. The summed E-state index contributed by atoms with van der Waals surface area (Å²) < 4.78 is 22.5. The molecule has 5 nitrogen and oxygen atoms in total. The molecule has 0 spiro atoms. The Balaban J connectivity index is 3.09. The molecule has 0 saturated heterocycles. The van der Waals surface area contributed by atoms with E-state index in [-0.39, 0.29) is 10.6 Å². The first kappa shape index (κ1) is 13.0. The van der Waals surface area contributed by atoms with Gasteiger partial charge in [0.05, 0.1) is 6.10 Å². The Bertz CT molecular complexity index is 470. The molecule has 0 amide bonds. The van der Waals surface area contributed by atoms with Gasteiger partial charge in [-0.3, -0.25) is 0 Å². The van der Waals surface area contributed by atoms with E-state index >= 15 is 0 Å². The summed E-state index contributed by atoms with van der Waals surface area (Å²) in [5, 5.41) is 21.9. The Hall–Kier alpha value is -1.11. The number of hydrogen-bond donors (Lipinski definition) is 3. The zero-order chi connectivity index (χ0) is 12.3. The van der Waals surface area contributed by atoms with E-state index in [9.17, 15) is 18.6 Å². The van der Waals surface area contributed by atoms with Crippen molar-refractivity contribution in [3.8, 4) is 5.75 Å². The average Bonchev–Trinajstić information content (AvgIpc) is 2.16. The van der Waals surface area contributed by atoms with Crippen molar-refractivity contribution >= 4 is 9.84 Å². The molecule has 0 aliphatic heterocycles. The van der Waals surface area contributed by atoms with E-state index in [1.807, 2.05) is 0 Å². The number of likely N-dealkylation sites (N-methyl/N-ethyl adjacent to an activating group) is 1. The van der Waals surface area contributed by atoms with Gasteiger partial charge in [-0.1, -0.05) is 6.07 Å². The number of aliphatic hydroxyl groups is 1. The lowest BCUT2D eigenvalue weighted by molar-refractivity contribution is 0.177. The predicted molar refractivity (Wildman–Crippen MR) is 60.1 cm³/mol. The summed E-state index contributed by atoms with van der Waals surface area (Å²) in [7, 11) is -1.75. The predicted octanol–water partition coefficient (Wildman–Crippen LogP) is 0.0485. The molecule has 0 heterocycles. The fraction of sp³-hybridized carbons (Fsp3) is 0.400. The zero-order valence-corrected chi connectivity index (χ0v) is 9.95. The van der Waals surface area contributed by atoms with Crippen LogP contribution in [0, 0.1) is 0 Å². The van der Waals surface area contributed by atoms with Crippen LogP contribution in [0.2, 0.25) is 0 Å². The van der Waals surface area contributed by atoms with Gasteiger partial charge in [-0.15, -0.1) is 0 Å². The highest BCUT2D eigenvalue weighted by molar-refractivity contribution is 7.90. The van der Waals surface area contributed by atoms with E-state index in [2.05, 4.69) is 5.32 Å². The van der Waals surface area contributed by atoms with E-state index in [1.54, 1.807) is 7.05 Å². The van der Waals surface area contributed by atoms with Gasteiger partial charge in [0.1, 0.15) is 10.6 Å². The number of benzene rings is 1. The van der Waals surface area contributed by atoms with Crippen LogP contribution in [0.5, 0.6) is 5.75 Å². The standard InChI is InChI=1S/C10H15NO4S/c1-11-6-9(13)7-3-4-10(8(12)5-7)16(2,14)15/h3-5,9,11-13H,6H2,1-2H3. The highest BCUT2D eigenvalue weighted by Crippen LogP contribution is 2.26. The topological polar surface area (TPSA) is 86.6 Å². The minimum Gasteiger partial charge on any atom is -0.507 e. The molecule has 1 aromatic carbocycles. The van der Waals surface area contributed by atoms with Crippen LogP contribution in [0.3, 0.4) is 0 Å². The second kappa shape index (κ2) is 4.82. The molecule has 1 unspecified atom stereocenters. The summed E-state index contributed by atoms with van der Waals surface area (Å²) in [5.74, 6) is -0.338. The van der Waals surface area contributed by atoms with Gasteiger partial charge in [-0.05, 0) is 24.7 Å². The van der Waals surface area contributed by atoms with Crippen molar-refractivity contribution in [3.63, 3.8) is 0 Å². The molecule has 16 heavy (non-hydrogen) atoms. The first-order valence-corrected chi connectivity index (χ1v) is 6.61. The Morgan fingerprint density at radius 1 is 1.44 bits per heavy atom. The van der Waals surface area contributed by atoms with Gasteiger partial charge in [-0.25, -0.2) is 8.42 Å². The number of aromatic hydroxyl groups is 1. The van der Waals surface area contributed by atoms with Gasteiger partial charge >= 0.3 is 0 Å². The van der Waals surface area contributed by atoms with Crippen LogP contribution in [0.25, 0.3) is 0 Å². The first-order valence-electron chi connectivity index (χ1n) is 4.72. The second-order valence-electron chi connectivity index (χ2n) is 3.57. The molecule has 1 atom stereocenters. The van der Waals surface area contributed by atoms with Crippen LogP contribution in [0.4, 0.5) is 0 Å². The summed E-state index contributed by atoms with van der Waals surface area (Å²) in [5.41, 5.74) is 0.472. The Labute approximate surface area is 94.7 Å². The first-order chi connectivity index (χ1) is 7.36. The third-order valence-corrected chi connectivity index (χ3v) is 3.31. The molecule has 0 aromatic heterocycles. The number of nitrogens with one attached hydrogen (secondary N) is 1. The van der Waals surface area contributed by atoms with Crippen molar-refractivity contribution in [2.75, 3.05) is 19.8 Å². The molecule has 0 radical (unpaired) electrons. The monoisotopic (exact) mass is 245 g/mol. The lowest BCUT2D eigenvalue weighted by atomic mass is 10.1. The van der Waals surface area contributed by atoms with Gasteiger partial charge in [0.2, 0.25) is 0 Å². The third-order valence-electron chi connectivity index (χ3n) is 2.16. The number of hydrogen-bond acceptors (Lipinski definition) is 5. The van der Waals surface area contributed by atoms with Gasteiger partial charge in [-0.2, -0.15) is 0 Å². The van der Waals surface area contributed by atoms with Crippen LogP contribution in [-0.4, -0.2) is 38.5 Å². The molecule has 3 N–H and O–H groups in total. The minimum atomic E-state index is -3.44. The Kier molecular flexibility index (Phi) is 3.90. The maximum Gasteiger partial charge on any atom is 0.179 e. The maximum atomic E-state index is 11.2. The lowest BCUT2D eigenvalue weighted by Gasteiger charge is -2.11. The van der Waals surface area contributed by atoms with Crippen molar-refractivity contribution in [2.24, 2.45) is 0 Å². The largest absolute Gasteiger partial charge is 0.507 e. The molecular weight excluding hydrogens is 230 g/mol. The summed E-state index contributed by atoms with van der Waals surface area (Å²) in [6, 6.07) is 4.04. The smallest absolute Gasteiger partial charge is 0.179 e. The molecule has 0 bridgehead atoms. The second-order valence-corrected chi connectivity index (χ2v) is 5.56. The minimum absolute atomic E-state index is 0.132. The van der Waals surface area contributed by atoms with Crippen molar-refractivity contribution < 1.29 is 18.6 Å². The molecular formula is C10H15NO4S. The molecule has 90 valence electrons. The molecule has 1 rings (SSSR count). The van der Waals surface area contributed by atoms with E-state index in [4.69, 9.17) is 0 Å². The quantitative estimate of drug-likeness (QED) is 0.697. The molecule has 6 heteroatoms. The van der Waals surface area contributed by atoms with Crippen molar-refractivity contribution in [1.29, 1.82) is 0 Å². The Morgan fingerprint density at radius 2 is 2.06 bits per heavy atom. The zero-order valence-electron chi connectivity index (χ0n) is 9.14. The summed E-state index contributed by atoms with van der Waals surface area (Å²) in [4.78, 5) is -0.132. The summed E-state index contributed by atoms with van der Waals surface area (Å²) in [6.45, 7) is 0.331. The number of rotatable bonds is 4. The van der Waals surface area contributed by atoms with E-state index < -0.39 is 15.9 Å². The van der Waals surface area contributed by atoms with E-state index in [0.29, 0.717) is 12.1 Å². The summed E-state index contributed by atoms with van der Waals surface area (Å²) >= 11 is 0. The van der Waals surface area contributed by atoms with Crippen LogP contribution in [0.1, 0.15) is 11.7 Å². The van der Waals surface area contributed by atoms with Gasteiger partial charge < -0.3 is 15.5 Å². The normalized spacial score (nSPS) is 13.7. The van der Waals surface area contributed by atoms with Crippen LogP contribution < -0.4 is 5.32 Å². The lowest BCUT2D eigenvalue weighted by Crippen LogP contribution is -2.16. The highest BCUT2D eigenvalue weighted by atomic mass is 32.2. The van der Waals surface area contributed by atoms with Crippen molar-refractivity contribution in [1.82, 2.24) is 5.32 Å². The number of phenolic OH excluding ortho intramolecular Hbond substituents is 1. The SMILES string of the molecule is CNCC(O)c1ccc(S(C)(=O)=O)c(O)c1. The van der Waals surface area contributed by atoms with Gasteiger partial charge in [0.15, 0.2) is 9.84 Å². The molecule has 0 aliphatic rings. The maximum absolute atomic E-state index is 11.2. The molecule has 1 aromatic rings. The van der Waals surface area contributed by atoms with Crippen LogP contribution in [0.15, 0.2) is 23.1 Å². The number of aliphatic hydroxyl groups excluding tert-OH is 1. The fourth-order valence-corrected chi connectivity index (χ4v) is 2.12. The summed E-state index contributed by atoms with van der Waals surface area (Å²) in [6.07, 6.45) is 0.246. The fourth-order valence-electron chi connectivity index (χ4n) is 1.37. The van der Waals surface area contributed by atoms with Crippen LogP contribution in [-0.2, 0) is 9.84 Å². The molecule has 0 fully saturated rings. The van der Waals surface area contributed by atoms with E-state index in [1.165, 1.54) is 18.2 Å². The third kappa shape index (κ3) is 2.94. The van der Waals surface area contributed by atoms with E-state index in [0.717, 1.165) is 6.26 Å².